The van der Waals surface area contributed by atoms with Gasteiger partial charge in [0.2, 0.25) is 0 Å². The van der Waals surface area contributed by atoms with Crippen LogP contribution in [0.15, 0.2) is 5.16 Å². The van der Waals surface area contributed by atoms with E-state index in [0.717, 1.165) is 10.6 Å². The minimum atomic E-state index is 0.880. The first-order chi connectivity index (χ1) is 4.84. The summed E-state index contributed by atoms with van der Waals surface area (Å²) in [4.78, 5) is 5.42. The van der Waals surface area contributed by atoms with E-state index < -0.39 is 0 Å². The fraction of sp³-hybridized carbons (Fsp3) is 0.400. The van der Waals surface area contributed by atoms with E-state index in [9.17, 15) is 0 Å². The molecule has 54 valence electrons. The molecular formula is C5H7N3OS. The molecule has 0 amide bonds. The lowest BCUT2D eigenvalue weighted by Gasteiger charge is -1.83. The van der Waals surface area contributed by atoms with Gasteiger partial charge in [0.1, 0.15) is 7.11 Å². The van der Waals surface area contributed by atoms with Crippen molar-refractivity contribution in [3.05, 3.63) is 10.6 Å². The van der Waals surface area contributed by atoms with Crippen LogP contribution in [0.1, 0.15) is 10.6 Å². The molecule has 0 fully saturated rings. The highest BCUT2D eigenvalue weighted by molar-refractivity contribution is 7.07. The molecule has 1 rings (SSSR count). The molecule has 0 aromatic carbocycles. The van der Waals surface area contributed by atoms with Crippen LogP contribution >= 0.6 is 11.5 Å². The highest BCUT2D eigenvalue weighted by Gasteiger charge is 1.97. The number of oxime groups is 1. The highest BCUT2D eigenvalue weighted by atomic mass is 32.1. The van der Waals surface area contributed by atoms with Crippen LogP contribution in [0.25, 0.3) is 0 Å². The number of aryl methyl sites for hydroxylation is 1. The van der Waals surface area contributed by atoms with Gasteiger partial charge >= 0.3 is 0 Å². The van der Waals surface area contributed by atoms with Crippen molar-refractivity contribution in [1.29, 1.82) is 0 Å². The van der Waals surface area contributed by atoms with E-state index in [0.29, 0.717) is 0 Å². The van der Waals surface area contributed by atoms with Crippen molar-refractivity contribution in [2.24, 2.45) is 5.16 Å². The molecular weight excluding hydrogens is 150 g/mol. The molecule has 0 unspecified atom stereocenters. The molecule has 1 heterocycles. The van der Waals surface area contributed by atoms with Gasteiger partial charge in [0.25, 0.3) is 0 Å². The Kier molecular flexibility index (Phi) is 2.33. The van der Waals surface area contributed by atoms with Gasteiger partial charge in [-0.2, -0.15) is 0 Å². The predicted octanol–water partition coefficient (Wildman–Crippen LogP) is 0.827. The van der Waals surface area contributed by atoms with Gasteiger partial charge < -0.3 is 4.84 Å². The fourth-order valence-electron chi connectivity index (χ4n) is 0.459. The first kappa shape index (κ1) is 7.14. The SMILES string of the molecule is CO/N=C\c1snnc1C. The fourth-order valence-corrected chi connectivity index (χ4v) is 0.973. The number of aromatic nitrogens is 2. The summed E-state index contributed by atoms with van der Waals surface area (Å²) in [6, 6.07) is 0. The average molecular weight is 157 g/mol. The Balaban J connectivity index is 2.74. The summed E-state index contributed by atoms with van der Waals surface area (Å²) in [7, 11) is 1.50. The molecule has 1 aromatic heterocycles. The van der Waals surface area contributed by atoms with E-state index in [1.165, 1.54) is 18.6 Å². The van der Waals surface area contributed by atoms with Crippen LogP contribution in [0.5, 0.6) is 0 Å². The van der Waals surface area contributed by atoms with E-state index in [2.05, 4.69) is 19.6 Å². The largest absolute Gasteiger partial charge is 0.399 e. The zero-order chi connectivity index (χ0) is 7.40. The first-order valence-corrected chi connectivity index (χ1v) is 3.47. The number of hydrogen-bond acceptors (Lipinski definition) is 5. The second kappa shape index (κ2) is 3.26. The molecule has 0 aliphatic carbocycles. The Morgan fingerprint density at radius 3 is 3.00 bits per heavy atom. The summed E-state index contributed by atoms with van der Waals surface area (Å²) in [5.74, 6) is 0. The van der Waals surface area contributed by atoms with E-state index in [1.807, 2.05) is 6.92 Å². The van der Waals surface area contributed by atoms with Gasteiger partial charge in [-0.3, -0.25) is 0 Å². The molecule has 0 atom stereocenters. The van der Waals surface area contributed by atoms with Crippen molar-refractivity contribution < 1.29 is 4.84 Å². The van der Waals surface area contributed by atoms with Crippen LogP contribution in [0.4, 0.5) is 0 Å². The summed E-state index contributed by atoms with van der Waals surface area (Å²) in [5, 5.41) is 7.37. The summed E-state index contributed by atoms with van der Waals surface area (Å²) in [6.45, 7) is 1.88. The van der Waals surface area contributed by atoms with E-state index in [1.54, 1.807) is 6.21 Å². The lowest BCUT2D eigenvalue weighted by molar-refractivity contribution is 0.215. The summed E-state index contributed by atoms with van der Waals surface area (Å²) in [5.41, 5.74) is 0.880. The molecule has 0 saturated heterocycles. The Hall–Kier alpha value is -0.970. The molecule has 0 spiro atoms. The molecule has 0 aliphatic heterocycles. The lowest BCUT2D eigenvalue weighted by atomic mass is 10.4. The minimum absolute atomic E-state index is 0.880. The average Bonchev–Trinajstić information content (AvgIpc) is 2.31. The monoisotopic (exact) mass is 157 g/mol. The molecule has 5 heteroatoms. The molecule has 0 aliphatic rings. The van der Waals surface area contributed by atoms with E-state index in [-0.39, 0.29) is 0 Å². The Morgan fingerprint density at radius 1 is 1.70 bits per heavy atom. The molecule has 0 saturated carbocycles. The molecule has 10 heavy (non-hydrogen) atoms. The summed E-state index contributed by atoms with van der Waals surface area (Å²) in [6.07, 6.45) is 1.60. The predicted molar refractivity (Wildman–Crippen MR) is 39.2 cm³/mol. The molecule has 0 bridgehead atoms. The van der Waals surface area contributed by atoms with Gasteiger partial charge in [0, 0.05) is 0 Å². The summed E-state index contributed by atoms with van der Waals surface area (Å²) < 4.78 is 3.72. The maximum atomic E-state index is 4.49. The highest BCUT2D eigenvalue weighted by Crippen LogP contribution is 2.04. The number of nitrogens with zero attached hydrogens (tertiary/aromatic N) is 3. The van der Waals surface area contributed by atoms with Gasteiger partial charge in [-0.15, -0.1) is 5.10 Å². The summed E-state index contributed by atoms with van der Waals surface area (Å²) >= 11 is 1.30. The third kappa shape index (κ3) is 1.51. The van der Waals surface area contributed by atoms with Crippen molar-refractivity contribution in [1.82, 2.24) is 9.59 Å². The topological polar surface area (TPSA) is 47.4 Å². The van der Waals surface area contributed by atoms with Crippen LogP contribution in [-0.2, 0) is 4.84 Å². The Bertz CT molecular complexity index is 233. The number of rotatable bonds is 2. The van der Waals surface area contributed by atoms with Gasteiger partial charge in [-0.1, -0.05) is 9.64 Å². The van der Waals surface area contributed by atoms with Gasteiger partial charge in [-0.05, 0) is 18.5 Å². The van der Waals surface area contributed by atoms with Crippen molar-refractivity contribution in [2.45, 2.75) is 6.92 Å². The zero-order valence-electron chi connectivity index (χ0n) is 5.74. The maximum Gasteiger partial charge on any atom is 0.106 e. The maximum absolute atomic E-state index is 4.49. The molecule has 0 radical (unpaired) electrons. The quantitative estimate of drug-likeness (QED) is 0.472. The van der Waals surface area contributed by atoms with Crippen LogP contribution in [0, 0.1) is 6.92 Å². The van der Waals surface area contributed by atoms with Crippen LogP contribution in [0.3, 0.4) is 0 Å². The molecule has 0 N–H and O–H groups in total. The van der Waals surface area contributed by atoms with Crippen molar-refractivity contribution in [3.63, 3.8) is 0 Å². The van der Waals surface area contributed by atoms with E-state index >= 15 is 0 Å². The Labute approximate surface area is 62.7 Å². The standard InChI is InChI=1S/C5H7N3OS/c1-4-5(3-6-9-2)10-8-7-4/h3H,1-2H3/b6-3-. The van der Waals surface area contributed by atoms with Crippen LogP contribution in [-0.4, -0.2) is 22.9 Å². The van der Waals surface area contributed by atoms with Crippen molar-refractivity contribution >= 4 is 17.7 Å². The third-order valence-corrected chi connectivity index (χ3v) is 1.72. The zero-order valence-corrected chi connectivity index (χ0v) is 6.55. The van der Waals surface area contributed by atoms with Gasteiger partial charge in [0.05, 0.1) is 16.8 Å². The number of hydrogen-bond donors (Lipinski definition) is 0. The van der Waals surface area contributed by atoms with Crippen LogP contribution in [0.2, 0.25) is 0 Å². The second-order valence-corrected chi connectivity index (χ2v) is 2.43. The molecule has 1 aromatic rings. The van der Waals surface area contributed by atoms with Crippen molar-refractivity contribution in [2.75, 3.05) is 7.11 Å². The van der Waals surface area contributed by atoms with Crippen LogP contribution < -0.4 is 0 Å². The smallest absolute Gasteiger partial charge is 0.106 e. The van der Waals surface area contributed by atoms with Gasteiger partial charge in [0.15, 0.2) is 0 Å². The first-order valence-electron chi connectivity index (χ1n) is 2.70. The second-order valence-electron chi connectivity index (χ2n) is 1.64. The Morgan fingerprint density at radius 2 is 2.50 bits per heavy atom. The molecule has 4 nitrogen and oxygen atoms in total. The minimum Gasteiger partial charge on any atom is -0.399 e. The third-order valence-electron chi connectivity index (χ3n) is 0.962. The lowest BCUT2D eigenvalue weighted by Crippen LogP contribution is -1.80. The van der Waals surface area contributed by atoms with Crippen molar-refractivity contribution in [3.8, 4) is 0 Å². The normalized spacial score (nSPS) is 10.6. The van der Waals surface area contributed by atoms with Gasteiger partial charge in [-0.25, -0.2) is 0 Å². The van der Waals surface area contributed by atoms with E-state index in [4.69, 9.17) is 0 Å².